The molecule has 1 aliphatic heterocycles. The quantitative estimate of drug-likeness (QED) is 0.272. The van der Waals surface area contributed by atoms with Crippen molar-refractivity contribution in [3.63, 3.8) is 0 Å². The molecule has 0 aliphatic carbocycles. The van der Waals surface area contributed by atoms with Crippen molar-refractivity contribution < 1.29 is 29.0 Å². The molecule has 1 aliphatic rings. The monoisotopic (exact) mass is 345 g/mol. The van der Waals surface area contributed by atoms with Crippen molar-refractivity contribution in [1.82, 2.24) is 10.6 Å². The molecule has 0 spiro atoms. The van der Waals surface area contributed by atoms with Crippen LogP contribution >= 0.6 is 0 Å². The van der Waals surface area contributed by atoms with Gasteiger partial charge >= 0.3 is 0 Å². The van der Waals surface area contributed by atoms with Crippen LogP contribution in [-0.2, 0) is 23.9 Å². The zero-order chi connectivity index (χ0) is 18.5. The zero-order valence-electron chi connectivity index (χ0n) is 14.5. The summed E-state index contributed by atoms with van der Waals surface area (Å²) in [5, 5.41) is 14.3. The van der Waals surface area contributed by atoms with E-state index in [0.717, 1.165) is 0 Å². The van der Waals surface area contributed by atoms with E-state index in [9.17, 15) is 19.5 Å². The molecule has 138 valence electrons. The van der Waals surface area contributed by atoms with Crippen LogP contribution in [0.5, 0.6) is 0 Å². The fraction of sp³-hybridized carbons (Fsp3) is 0.800. The summed E-state index contributed by atoms with van der Waals surface area (Å²) in [5.41, 5.74) is 4.62. The number of epoxide rings is 1. The second-order valence-corrected chi connectivity index (χ2v) is 6.55. The first-order valence-electron chi connectivity index (χ1n) is 7.82. The number of hydrogen-bond acceptors (Lipinski definition) is 7. The van der Waals surface area contributed by atoms with Crippen molar-refractivity contribution in [2.45, 2.75) is 51.1 Å². The van der Waals surface area contributed by atoms with Gasteiger partial charge in [0.25, 0.3) is 5.91 Å². The zero-order valence-corrected chi connectivity index (χ0v) is 14.5. The van der Waals surface area contributed by atoms with Gasteiger partial charge in [-0.15, -0.1) is 0 Å². The molecular weight excluding hydrogens is 318 g/mol. The third kappa shape index (κ3) is 5.82. The normalized spacial score (nSPS) is 23.3. The Hall–Kier alpha value is -1.55. The van der Waals surface area contributed by atoms with Crippen LogP contribution in [0.1, 0.15) is 27.2 Å². The Morgan fingerprint density at radius 1 is 1.29 bits per heavy atom. The lowest BCUT2D eigenvalue weighted by Crippen LogP contribution is -2.56. The van der Waals surface area contributed by atoms with Gasteiger partial charge < -0.3 is 30.9 Å². The van der Waals surface area contributed by atoms with Gasteiger partial charge in [-0.2, -0.15) is 0 Å². The molecule has 24 heavy (non-hydrogen) atoms. The first-order valence-corrected chi connectivity index (χ1v) is 7.82. The summed E-state index contributed by atoms with van der Waals surface area (Å²) in [6.45, 7) is 5.72. The van der Waals surface area contributed by atoms with Gasteiger partial charge in [-0.3, -0.25) is 14.4 Å². The van der Waals surface area contributed by atoms with Crippen LogP contribution in [0.15, 0.2) is 0 Å². The fourth-order valence-corrected chi connectivity index (χ4v) is 2.14. The van der Waals surface area contributed by atoms with Gasteiger partial charge in [0.2, 0.25) is 12.1 Å². The summed E-state index contributed by atoms with van der Waals surface area (Å²) < 4.78 is 9.85. The summed E-state index contributed by atoms with van der Waals surface area (Å²) in [6, 6.07) is -1.81. The number of Topliss-reactive ketones (excluding diaryl/α,β-unsaturated/α-hetero) is 1. The van der Waals surface area contributed by atoms with Gasteiger partial charge in [0, 0.05) is 7.11 Å². The smallest absolute Gasteiger partial charge is 0.270 e. The number of hydrogen-bond donors (Lipinski definition) is 4. The summed E-state index contributed by atoms with van der Waals surface area (Å²) in [7, 11) is 1.37. The van der Waals surface area contributed by atoms with Crippen molar-refractivity contribution in [1.29, 1.82) is 0 Å². The first kappa shape index (κ1) is 20.5. The molecular formula is C15H27N3O6. The highest BCUT2D eigenvalue weighted by Crippen LogP contribution is 2.29. The second-order valence-electron chi connectivity index (χ2n) is 6.55. The highest BCUT2D eigenvalue weighted by atomic mass is 16.6. The number of aliphatic hydroxyl groups is 1. The highest BCUT2D eigenvalue weighted by molar-refractivity contribution is 5.97. The lowest BCUT2D eigenvalue weighted by molar-refractivity contribution is -0.140. The Bertz CT molecular complexity index is 478. The maximum atomic E-state index is 12.4. The van der Waals surface area contributed by atoms with Crippen molar-refractivity contribution in [3.8, 4) is 0 Å². The molecule has 0 aromatic heterocycles. The average molecular weight is 345 g/mol. The molecule has 9 nitrogen and oxygen atoms in total. The van der Waals surface area contributed by atoms with Gasteiger partial charge in [0.15, 0.2) is 5.78 Å². The number of aliphatic hydroxyl groups excluding tert-OH is 1. The maximum Gasteiger partial charge on any atom is 0.270 e. The summed E-state index contributed by atoms with van der Waals surface area (Å²) in [6.07, 6.45) is -1.41. The molecule has 0 saturated carbocycles. The van der Waals surface area contributed by atoms with E-state index in [1.54, 1.807) is 6.92 Å². The predicted molar refractivity (Wildman–Crippen MR) is 84.8 cm³/mol. The van der Waals surface area contributed by atoms with Gasteiger partial charge in [-0.05, 0) is 19.3 Å². The molecule has 9 heteroatoms. The van der Waals surface area contributed by atoms with Crippen LogP contribution < -0.4 is 16.4 Å². The van der Waals surface area contributed by atoms with Gasteiger partial charge in [0.05, 0.1) is 19.3 Å². The number of carbonyl (C=O) groups is 3. The Morgan fingerprint density at radius 3 is 2.33 bits per heavy atom. The third-order valence-corrected chi connectivity index (χ3v) is 3.65. The van der Waals surface area contributed by atoms with E-state index in [2.05, 4.69) is 10.6 Å². The topological polar surface area (TPSA) is 143 Å². The standard InChI is InChI=1S/C15H27N3O6/c1-8(2)5-10(11(19)15(3)7-24-15)17-13(21)14(22)18-12(20)9(16)6-23-4/h8-10,14,22H,5-7,16H2,1-4H3,(H,17,21)(H,18,20)/t9-,10-,14-,15+/m0/s1. The van der Waals surface area contributed by atoms with Crippen molar-refractivity contribution >= 4 is 17.6 Å². The molecule has 0 aromatic rings. The van der Waals surface area contributed by atoms with E-state index in [1.807, 2.05) is 13.8 Å². The Labute approximate surface area is 141 Å². The van der Waals surface area contributed by atoms with E-state index in [1.165, 1.54) is 7.11 Å². The SMILES string of the molecule is COC[C@H](N)C(=O)N[C@@H](O)C(=O)N[C@@H](CC(C)C)C(=O)[C@@]1(C)CO1. The minimum Gasteiger partial charge on any atom is -0.383 e. The average Bonchev–Trinajstić information content (AvgIpc) is 3.24. The fourth-order valence-electron chi connectivity index (χ4n) is 2.14. The van der Waals surface area contributed by atoms with Crippen LogP contribution in [0.2, 0.25) is 0 Å². The van der Waals surface area contributed by atoms with Gasteiger partial charge in [-0.1, -0.05) is 13.8 Å². The first-order chi connectivity index (χ1) is 11.1. The van der Waals surface area contributed by atoms with Crippen LogP contribution in [0, 0.1) is 5.92 Å². The molecule has 0 unspecified atom stereocenters. The highest BCUT2D eigenvalue weighted by Gasteiger charge is 2.50. The summed E-state index contributed by atoms with van der Waals surface area (Å²) in [5.74, 6) is -1.72. The molecule has 5 N–H and O–H groups in total. The molecule has 1 fully saturated rings. The molecule has 1 saturated heterocycles. The van der Waals surface area contributed by atoms with Crippen molar-refractivity contribution in [3.05, 3.63) is 0 Å². The minimum absolute atomic E-state index is 0.0513. The van der Waals surface area contributed by atoms with E-state index < -0.39 is 35.7 Å². The number of amides is 2. The predicted octanol–water partition coefficient (Wildman–Crippen LogP) is -1.72. The lowest BCUT2D eigenvalue weighted by atomic mass is 9.93. The Morgan fingerprint density at radius 2 is 1.88 bits per heavy atom. The minimum atomic E-state index is -1.81. The molecule has 2 amide bonds. The van der Waals surface area contributed by atoms with Crippen LogP contribution in [0.4, 0.5) is 0 Å². The van der Waals surface area contributed by atoms with Crippen LogP contribution in [0.3, 0.4) is 0 Å². The number of nitrogens with one attached hydrogen (secondary N) is 2. The maximum absolute atomic E-state index is 12.4. The number of nitrogens with two attached hydrogens (primary N) is 1. The molecule has 1 rings (SSSR count). The molecule has 0 aromatic carbocycles. The number of ether oxygens (including phenoxy) is 2. The number of rotatable bonds is 10. The van der Waals surface area contributed by atoms with Crippen molar-refractivity contribution in [2.24, 2.45) is 11.7 Å². The van der Waals surface area contributed by atoms with E-state index >= 15 is 0 Å². The summed E-state index contributed by atoms with van der Waals surface area (Å²) >= 11 is 0. The van der Waals surface area contributed by atoms with Crippen LogP contribution in [-0.4, -0.2) is 66.9 Å². The molecule has 4 atom stereocenters. The number of ketones is 1. The third-order valence-electron chi connectivity index (χ3n) is 3.65. The molecule has 0 bridgehead atoms. The summed E-state index contributed by atoms with van der Waals surface area (Å²) in [4.78, 5) is 36.1. The number of methoxy groups -OCH3 is 1. The van der Waals surface area contributed by atoms with E-state index in [0.29, 0.717) is 13.0 Å². The van der Waals surface area contributed by atoms with Crippen LogP contribution in [0.25, 0.3) is 0 Å². The van der Waals surface area contributed by atoms with Crippen molar-refractivity contribution in [2.75, 3.05) is 20.3 Å². The largest absolute Gasteiger partial charge is 0.383 e. The van der Waals surface area contributed by atoms with E-state index in [4.69, 9.17) is 15.2 Å². The lowest BCUT2D eigenvalue weighted by Gasteiger charge is -2.23. The van der Waals surface area contributed by atoms with E-state index in [-0.39, 0.29) is 18.3 Å². The Balaban J connectivity index is 2.63. The number of carbonyl (C=O) groups excluding carboxylic acids is 3. The van der Waals surface area contributed by atoms with Gasteiger partial charge in [-0.25, -0.2) is 0 Å². The van der Waals surface area contributed by atoms with Gasteiger partial charge in [0.1, 0.15) is 11.6 Å². The molecule has 0 radical (unpaired) electrons. The molecule has 1 heterocycles. The second kappa shape index (κ2) is 8.52. The Kier molecular flexibility index (Phi) is 7.27.